The molecule has 2 atom stereocenters. The summed E-state index contributed by atoms with van der Waals surface area (Å²) in [4.78, 5) is 32.9. The van der Waals surface area contributed by atoms with Gasteiger partial charge in [-0.05, 0) is 36.2 Å². The van der Waals surface area contributed by atoms with Crippen LogP contribution in [0.1, 0.15) is 28.4 Å². The lowest BCUT2D eigenvalue weighted by Gasteiger charge is -2.36. The Morgan fingerprint density at radius 2 is 1.82 bits per heavy atom. The molecule has 2 N–H and O–H groups in total. The zero-order valence-electron chi connectivity index (χ0n) is 15.3. The first kappa shape index (κ1) is 18.5. The zero-order valence-corrected chi connectivity index (χ0v) is 15.3. The predicted octanol–water partition coefficient (Wildman–Crippen LogP) is 1.11. The van der Waals surface area contributed by atoms with Crippen molar-refractivity contribution in [2.45, 2.75) is 18.5 Å². The molecule has 7 nitrogen and oxygen atoms in total. The van der Waals surface area contributed by atoms with E-state index in [1.165, 1.54) is 18.2 Å². The van der Waals surface area contributed by atoms with Crippen molar-refractivity contribution in [2.24, 2.45) is 0 Å². The van der Waals surface area contributed by atoms with Crippen molar-refractivity contribution >= 4 is 11.8 Å². The molecule has 0 radical (unpaired) electrons. The lowest BCUT2D eigenvalue weighted by Crippen LogP contribution is -2.54. The number of carbonyl (C=O) groups excluding carboxylic acids is 2. The highest BCUT2D eigenvalue weighted by molar-refractivity contribution is 5.94. The molecule has 146 valence electrons. The van der Waals surface area contributed by atoms with Gasteiger partial charge in [-0.2, -0.15) is 0 Å². The van der Waals surface area contributed by atoms with Crippen LogP contribution in [-0.4, -0.2) is 58.8 Å². The summed E-state index contributed by atoms with van der Waals surface area (Å²) in [6, 6.07) is 9.28. The minimum absolute atomic E-state index is 0.0248. The van der Waals surface area contributed by atoms with Crippen LogP contribution in [0.15, 0.2) is 48.8 Å². The number of carbonyl (C=O) groups is 2. The van der Waals surface area contributed by atoms with E-state index in [0.29, 0.717) is 38.2 Å². The van der Waals surface area contributed by atoms with Crippen molar-refractivity contribution in [3.05, 3.63) is 65.7 Å². The maximum absolute atomic E-state index is 13.3. The Morgan fingerprint density at radius 1 is 1.04 bits per heavy atom. The molecule has 1 aromatic heterocycles. The van der Waals surface area contributed by atoms with Gasteiger partial charge in [-0.3, -0.25) is 14.6 Å². The monoisotopic (exact) mass is 383 g/mol. The largest absolute Gasteiger partial charge is 0.338 e. The van der Waals surface area contributed by atoms with E-state index in [4.69, 9.17) is 0 Å². The van der Waals surface area contributed by atoms with Gasteiger partial charge in [0.25, 0.3) is 5.91 Å². The molecule has 2 amide bonds. The lowest BCUT2D eigenvalue weighted by atomic mass is 10.0. The van der Waals surface area contributed by atoms with Crippen LogP contribution in [-0.2, 0) is 4.79 Å². The number of pyridine rings is 1. The van der Waals surface area contributed by atoms with E-state index < -0.39 is 5.82 Å². The molecule has 0 spiro atoms. The number of halogens is 1. The van der Waals surface area contributed by atoms with Gasteiger partial charge >= 0.3 is 0 Å². The van der Waals surface area contributed by atoms with Crippen LogP contribution in [0.2, 0.25) is 0 Å². The third-order valence-electron chi connectivity index (χ3n) is 5.24. The molecule has 2 aromatic rings. The van der Waals surface area contributed by atoms with E-state index in [1.54, 1.807) is 28.3 Å². The average Bonchev–Trinajstić information content (AvgIpc) is 3.24. The first-order valence-electron chi connectivity index (χ1n) is 9.36. The fourth-order valence-corrected chi connectivity index (χ4v) is 3.67. The molecule has 2 fully saturated rings. The van der Waals surface area contributed by atoms with Crippen LogP contribution in [0.25, 0.3) is 0 Å². The van der Waals surface area contributed by atoms with Gasteiger partial charge in [-0.25, -0.2) is 15.2 Å². The number of nitrogens with zero attached hydrogens (tertiary/aromatic N) is 3. The van der Waals surface area contributed by atoms with Crippen LogP contribution < -0.4 is 10.9 Å². The van der Waals surface area contributed by atoms with Crippen LogP contribution >= 0.6 is 0 Å². The van der Waals surface area contributed by atoms with E-state index in [9.17, 15) is 14.0 Å². The molecule has 1 aromatic carbocycles. The molecule has 8 heteroatoms. The van der Waals surface area contributed by atoms with Crippen LogP contribution in [0.4, 0.5) is 4.39 Å². The first-order valence-corrected chi connectivity index (χ1v) is 9.36. The molecule has 2 saturated heterocycles. The van der Waals surface area contributed by atoms with Gasteiger partial charge in [0, 0.05) is 50.2 Å². The highest BCUT2D eigenvalue weighted by atomic mass is 19.1. The number of hydrazine groups is 1. The second kappa shape index (κ2) is 8.04. The Kier molecular flexibility index (Phi) is 5.31. The first-order chi connectivity index (χ1) is 13.6. The van der Waals surface area contributed by atoms with Gasteiger partial charge in [0.1, 0.15) is 11.9 Å². The minimum atomic E-state index is -0.428. The van der Waals surface area contributed by atoms with Gasteiger partial charge in [-0.15, -0.1) is 0 Å². The normalized spacial score (nSPS) is 22.3. The summed E-state index contributed by atoms with van der Waals surface area (Å²) in [5, 5.41) is 0. The number of nitrogens with one attached hydrogen (secondary N) is 2. The Labute approximate surface area is 162 Å². The van der Waals surface area contributed by atoms with E-state index in [-0.39, 0.29) is 23.9 Å². The van der Waals surface area contributed by atoms with Gasteiger partial charge in [0.05, 0.1) is 0 Å². The lowest BCUT2D eigenvalue weighted by molar-refractivity contribution is -0.134. The zero-order chi connectivity index (χ0) is 19.5. The predicted molar refractivity (Wildman–Crippen MR) is 101 cm³/mol. The van der Waals surface area contributed by atoms with Crippen LogP contribution in [0.5, 0.6) is 0 Å². The molecule has 2 unspecified atom stereocenters. The van der Waals surface area contributed by atoms with E-state index in [1.807, 2.05) is 12.1 Å². The Bertz CT molecular complexity index is 855. The summed E-state index contributed by atoms with van der Waals surface area (Å²) < 4.78 is 13.3. The van der Waals surface area contributed by atoms with Crippen molar-refractivity contribution in [3.63, 3.8) is 0 Å². The van der Waals surface area contributed by atoms with Crippen molar-refractivity contribution in [2.75, 3.05) is 26.2 Å². The summed E-state index contributed by atoms with van der Waals surface area (Å²) in [5.41, 5.74) is 7.61. The number of aromatic nitrogens is 1. The van der Waals surface area contributed by atoms with Crippen LogP contribution in [0, 0.1) is 5.82 Å². The minimum Gasteiger partial charge on any atom is -0.338 e. The third-order valence-corrected chi connectivity index (χ3v) is 5.24. The van der Waals surface area contributed by atoms with Crippen molar-refractivity contribution in [3.8, 4) is 0 Å². The van der Waals surface area contributed by atoms with Crippen molar-refractivity contribution < 1.29 is 14.0 Å². The number of rotatable bonds is 3. The molecule has 4 rings (SSSR count). The van der Waals surface area contributed by atoms with E-state index in [2.05, 4.69) is 15.8 Å². The van der Waals surface area contributed by atoms with Gasteiger partial charge in [0.2, 0.25) is 5.91 Å². The summed E-state index contributed by atoms with van der Waals surface area (Å²) >= 11 is 0. The number of piperazine rings is 1. The van der Waals surface area contributed by atoms with Crippen molar-refractivity contribution in [1.82, 2.24) is 25.6 Å². The fraction of sp³-hybridized carbons (Fsp3) is 0.350. The number of hydrogen-bond acceptors (Lipinski definition) is 5. The Balaban J connectivity index is 1.31. The quantitative estimate of drug-likeness (QED) is 0.831. The summed E-state index contributed by atoms with van der Waals surface area (Å²) in [7, 11) is 0. The summed E-state index contributed by atoms with van der Waals surface area (Å²) in [6.45, 7) is 1.81. The molecular formula is C20H22FN5O2. The SMILES string of the molecule is O=C(c1cccc(F)c1)N1CCN(C(=O)C2CC(c3cccnc3)NN2)CC1. The number of amides is 2. The molecule has 28 heavy (non-hydrogen) atoms. The molecule has 2 aliphatic heterocycles. The van der Waals surface area contributed by atoms with E-state index >= 15 is 0 Å². The standard InChI is InChI=1S/C20H22FN5O2/c21-16-5-1-3-14(11-16)19(27)25-7-9-26(10-8-25)20(28)18-12-17(23-24-18)15-4-2-6-22-13-15/h1-6,11,13,17-18,23-24H,7-10,12H2. The summed E-state index contributed by atoms with van der Waals surface area (Å²) in [6.07, 6.45) is 4.16. The van der Waals surface area contributed by atoms with Gasteiger partial charge in [-0.1, -0.05) is 12.1 Å². The van der Waals surface area contributed by atoms with Crippen molar-refractivity contribution in [1.29, 1.82) is 0 Å². The molecule has 0 aliphatic carbocycles. The molecular weight excluding hydrogens is 361 g/mol. The summed E-state index contributed by atoms with van der Waals surface area (Å²) in [5.74, 6) is -0.608. The maximum atomic E-state index is 13.3. The Hall–Kier alpha value is -2.84. The molecule has 3 heterocycles. The topological polar surface area (TPSA) is 77.6 Å². The van der Waals surface area contributed by atoms with Crippen LogP contribution in [0.3, 0.4) is 0 Å². The number of benzene rings is 1. The second-order valence-electron chi connectivity index (χ2n) is 7.04. The average molecular weight is 383 g/mol. The number of hydrogen-bond donors (Lipinski definition) is 2. The van der Waals surface area contributed by atoms with Gasteiger partial charge in [0.15, 0.2) is 0 Å². The van der Waals surface area contributed by atoms with Gasteiger partial charge < -0.3 is 9.80 Å². The molecule has 0 saturated carbocycles. The Morgan fingerprint density at radius 3 is 2.54 bits per heavy atom. The maximum Gasteiger partial charge on any atom is 0.254 e. The highest BCUT2D eigenvalue weighted by Crippen LogP contribution is 2.22. The molecule has 0 bridgehead atoms. The fourth-order valence-electron chi connectivity index (χ4n) is 3.67. The third kappa shape index (κ3) is 3.88. The smallest absolute Gasteiger partial charge is 0.254 e. The molecule has 2 aliphatic rings. The highest BCUT2D eigenvalue weighted by Gasteiger charge is 2.34. The second-order valence-corrected chi connectivity index (χ2v) is 7.04. The van der Waals surface area contributed by atoms with E-state index in [0.717, 1.165) is 5.56 Å².